The normalized spacial score (nSPS) is 23.0. The van der Waals surface area contributed by atoms with Gasteiger partial charge in [0.05, 0.1) is 23.2 Å². The molecule has 3 rings (SSSR count). The van der Waals surface area contributed by atoms with Crippen molar-refractivity contribution in [2.24, 2.45) is 0 Å². The lowest BCUT2D eigenvalue weighted by molar-refractivity contribution is -0.137. The van der Waals surface area contributed by atoms with E-state index in [9.17, 15) is 21.6 Å². The fourth-order valence-corrected chi connectivity index (χ4v) is 4.24. The number of benzene rings is 1. The third kappa shape index (κ3) is 4.85. The van der Waals surface area contributed by atoms with Crippen molar-refractivity contribution in [2.45, 2.75) is 36.1 Å². The van der Waals surface area contributed by atoms with Gasteiger partial charge in [0.2, 0.25) is 10.0 Å². The molecule has 1 saturated carbocycles. The van der Waals surface area contributed by atoms with Crippen molar-refractivity contribution in [3.05, 3.63) is 28.8 Å². The monoisotopic (exact) mass is 398 g/mol. The van der Waals surface area contributed by atoms with E-state index in [0.717, 1.165) is 25.5 Å². The van der Waals surface area contributed by atoms with Gasteiger partial charge in [-0.05, 0) is 31.0 Å². The van der Waals surface area contributed by atoms with E-state index in [1.807, 2.05) is 0 Å². The molecule has 10 heteroatoms. The Morgan fingerprint density at radius 1 is 1.28 bits per heavy atom. The van der Waals surface area contributed by atoms with Gasteiger partial charge in [-0.3, -0.25) is 4.90 Å². The topological polar surface area (TPSA) is 58.6 Å². The lowest BCUT2D eigenvalue weighted by Gasteiger charge is -2.33. The molecule has 0 amide bonds. The van der Waals surface area contributed by atoms with Crippen LogP contribution in [0, 0.1) is 0 Å². The molecule has 1 aliphatic heterocycles. The van der Waals surface area contributed by atoms with Crippen molar-refractivity contribution in [1.82, 2.24) is 9.62 Å². The van der Waals surface area contributed by atoms with Crippen molar-refractivity contribution in [3.8, 4) is 0 Å². The number of ether oxygens (including phenoxy) is 1. The van der Waals surface area contributed by atoms with Crippen LogP contribution in [0.15, 0.2) is 23.1 Å². The molecule has 0 aromatic heterocycles. The second kappa shape index (κ2) is 7.03. The largest absolute Gasteiger partial charge is 0.416 e. The molecule has 5 nitrogen and oxygen atoms in total. The van der Waals surface area contributed by atoms with Crippen LogP contribution in [-0.2, 0) is 20.9 Å². The standard InChI is InChI=1S/C15H18ClF3N2O3S/c16-11-5-10(15(17,18)19)6-14(7-11)25(22,23)20-8-13-9-21(3-4-24-13)12-1-2-12/h5-7,12-13,20H,1-4,8-9H2. The second-order valence-electron chi connectivity index (χ2n) is 6.24. The summed E-state index contributed by atoms with van der Waals surface area (Å²) in [6.07, 6.45) is -2.72. The van der Waals surface area contributed by atoms with E-state index in [1.165, 1.54) is 0 Å². The highest BCUT2D eigenvalue weighted by Gasteiger charge is 2.34. The van der Waals surface area contributed by atoms with Crippen molar-refractivity contribution >= 4 is 21.6 Å². The zero-order chi connectivity index (χ0) is 18.2. The predicted molar refractivity (Wildman–Crippen MR) is 86.0 cm³/mol. The van der Waals surface area contributed by atoms with Gasteiger partial charge in [-0.2, -0.15) is 13.2 Å². The Balaban J connectivity index is 1.68. The average molecular weight is 399 g/mol. The molecule has 2 fully saturated rings. The van der Waals surface area contributed by atoms with Crippen LogP contribution in [0.5, 0.6) is 0 Å². The van der Waals surface area contributed by atoms with Crippen LogP contribution in [-0.4, -0.2) is 51.7 Å². The van der Waals surface area contributed by atoms with Crippen LogP contribution in [0.1, 0.15) is 18.4 Å². The molecule has 140 valence electrons. The van der Waals surface area contributed by atoms with E-state index in [2.05, 4.69) is 9.62 Å². The summed E-state index contributed by atoms with van der Waals surface area (Å²) in [5.74, 6) is 0. The zero-order valence-electron chi connectivity index (χ0n) is 13.2. The number of halogens is 4. The van der Waals surface area contributed by atoms with E-state index >= 15 is 0 Å². The molecule has 0 bridgehead atoms. The minimum Gasteiger partial charge on any atom is -0.374 e. The third-order valence-corrected chi connectivity index (χ3v) is 5.86. The van der Waals surface area contributed by atoms with Gasteiger partial charge in [0.25, 0.3) is 0 Å². The van der Waals surface area contributed by atoms with Crippen LogP contribution < -0.4 is 4.72 Å². The number of nitrogens with zero attached hydrogens (tertiary/aromatic N) is 1. The van der Waals surface area contributed by atoms with Gasteiger partial charge in [0, 0.05) is 30.7 Å². The molecule has 1 aliphatic carbocycles. The lowest BCUT2D eigenvalue weighted by Crippen LogP contribution is -2.48. The minimum atomic E-state index is -4.67. The van der Waals surface area contributed by atoms with Gasteiger partial charge in [-0.15, -0.1) is 0 Å². The molecule has 1 atom stereocenters. The van der Waals surface area contributed by atoms with Gasteiger partial charge in [-0.1, -0.05) is 11.6 Å². The Labute approximate surface area is 149 Å². The minimum absolute atomic E-state index is 0.000578. The fourth-order valence-electron chi connectivity index (χ4n) is 2.80. The molecule has 1 unspecified atom stereocenters. The predicted octanol–water partition coefficient (Wildman–Crippen LogP) is 2.50. The summed E-state index contributed by atoms with van der Waals surface area (Å²) in [4.78, 5) is 1.74. The van der Waals surface area contributed by atoms with Crippen LogP contribution in [0.3, 0.4) is 0 Å². The van der Waals surface area contributed by atoms with Crippen molar-refractivity contribution in [1.29, 1.82) is 0 Å². The maximum absolute atomic E-state index is 12.8. The average Bonchev–Trinajstić information content (AvgIpc) is 3.37. The number of morpholine rings is 1. The molecule has 1 aromatic carbocycles. The summed E-state index contributed by atoms with van der Waals surface area (Å²) in [5, 5.41) is -0.288. The Hall–Kier alpha value is -0.870. The summed E-state index contributed by atoms with van der Waals surface area (Å²) in [6.45, 7) is 1.94. The Kier molecular flexibility index (Phi) is 5.32. The Morgan fingerprint density at radius 3 is 2.64 bits per heavy atom. The molecule has 1 saturated heterocycles. The third-order valence-electron chi connectivity index (χ3n) is 4.24. The first-order valence-corrected chi connectivity index (χ1v) is 9.74. The Bertz CT molecular complexity index is 738. The fraction of sp³-hybridized carbons (Fsp3) is 0.600. The molecule has 1 heterocycles. The highest BCUT2D eigenvalue weighted by molar-refractivity contribution is 7.89. The highest BCUT2D eigenvalue weighted by atomic mass is 35.5. The van der Waals surface area contributed by atoms with Crippen LogP contribution in [0.25, 0.3) is 0 Å². The zero-order valence-corrected chi connectivity index (χ0v) is 14.8. The number of rotatable bonds is 5. The molecule has 2 aliphatic rings. The van der Waals surface area contributed by atoms with Crippen molar-refractivity contribution in [3.63, 3.8) is 0 Å². The molecule has 0 spiro atoms. The first kappa shape index (κ1) is 18.9. The number of hydrogen-bond acceptors (Lipinski definition) is 4. The molecule has 0 radical (unpaired) electrons. The Morgan fingerprint density at radius 2 is 2.00 bits per heavy atom. The SMILES string of the molecule is O=S(=O)(NCC1CN(C2CC2)CCO1)c1cc(Cl)cc(C(F)(F)F)c1. The summed E-state index contributed by atoms with van der Waals surface area (Å²) in [6, 6.07) is 2.81. The van der Waals surface area contributed by atoms with E-state index in [1.54, 1.807) is 0 Å². The van der Waals surface area contributed by atoms with E-state index in [-0.39, 0.29) is 17.7 Å². The number of nitrogens with one attached hydrogen (secondary N) is 1. The van der Waals surface area contributed by atoms with E-state index < -0.39 is 26.7 Å². The maximum atomic E-state index is 12.8. The molecule has 1 aromatic rings. The molecular weight excluding hydrogens is 381 g/mol. The van der Waals surface area contributed by atoms with Gasteiger partial charge < -0.3 is 4.74 Å². The van der Waals surface area contributed by atoms with E-state index in [0.29, 0.717) is 31.3 Å². The number of alkyl halides is 3. The number of hydrogen-bond donors (Lipinski definition) is 1. The summed E-state index contributed by atoms with van der Waals surface area (Å²) in [7, 11) is -4.12. The molecule has 1 N–H and O–H groups in total. The van der Waals surface area contributed by atoms with Gasteiger partial charge in [-0.25, -0.2) is 13.1 Å². The van der Waals surface area contributed by atoms with Crippen molar-refractivity contribution < 1.29 is 26.3 Å². The van der Waals surface area contributed by atoms with Crippen LogP contribution in [0.2, 0.25) is 5.02 Å². The molecule has 25 heavy (non-hydrogen) atoms. The summed E-state index contributed by atoms with van der Waals surface area (Å²) >= 11 is 5.65. The highest BCUT2D eigenvalue weighted by Crippen LogP contribution is 2.33. The number of sulfonamides is 1. The van der Waals surface area contributed by atoms with Crippen LogP contribution >= 0.6 is 11.6 Å². The van der Waals surface area contributed by atoms with Gasteiger partial charge in [0.15, 0.2) is 0 Å². The maximum Gasteiger partial charge on any atom is 0.416 e. The van der Waals surface area contributed by atoms with Crippen LogP contribution in [0.4, 0.5) is 13.2 Å². The lowest BCUT2D eigenvalue weighted by atomic mass is 10.2. The summed E-state index contributed by atoms with van der Waals surface area (Å²) < 4.78 is 71.0. The second-order valence-corrected chi connectivity index (χ2v) is 8.45. The smallest absolute Gasteiger partial charge is 0.374 e. The van der Waals surface area contributed by atoms with Gasteiger partial charge >= 0.3 is 6.18 Å². The quantitative estimate of drug-likeness (QED) is 0.828. The first-order valence-electron chi connectivity index (χ1n) is 7.88. The first-order chi connectivity index (χ1) is 11.6. The molecular formula is C15H18ClF3N2O3S. The van der Waals surface area contributed by atoms with Crippen molar-refractivity contribution in [2.75, 3.05) is 26.2 Å². The van der Waals surface area contributed by atoms with Gasteiger partial charge in [0.1, 0.15) is 0 Å². The van der Waals surface area contributed by atoms with E-state index in [4.69, 9.17) is 16.3 Å². The summed E-state index contributed by atoms with van der Waals surface area (Å²) in [5.41, 5.74) is -1.10.